The SMILES string of the molecule is c1cc(CNCC2CCSC2)cs1. The van der Waals surface area contributed by atoms with Crippen LogP contribution in [-0.4, -0.2) is 18.1 Å². The van der Waals surface area contributed by atoms with Gasteiger partial charge in [-0.05, 0) is 52.8 Å². The first kappa shape index (κ1) is 9.56. The molecule has 1 atom stereocenters. The van der Waals surface area contributed by atoms with Crippen molar-refractivity contribution >= 4 is 23.1 Å². The summed E-state index contributed by atoms with van der Waals surface area (Å²) in [6, 6.07) is 2.20. The lowest BCUT2D eigenvalue weighted by molar-refractivity contribution is 0.523. The summed E-state index contributed by atoms with van der Waals surface area (Å²) < 4.78 is 0. The van der Waals surface area contributed by atoms with E-state index in [2.05, 4.69) is 33.9 Å². The van der Waals surface area contributed by atoms with Gasteiger partial charge < -0.3 is 5.32 Å². The topological polar surface area (TPSA) is 12.0 Å². The molecule has 0 spiro atoms. The van der Waals surface area contributed by atoms with Gasteiger partial charge in [-0.25, -0.2) is 0 Å². The van der Waals surface area contributed by atoms with E-state index in [9.17, 15) is 0 Å². The Morgan fingerprint density at radius 2 is 2.54 bits per heavy atom. The number of hydrogen-bond acceptors (Lipinski definition) is 3. The van der Waals surface area contributed by atoms with Crippen molar-refractivity contribution in [3.05, 3.63) is 22.4 Å². The molecular formula is C10H15NS2. The summed E-state index contributed by atoms with van der Waals surface area (Å²) in [5.41, 5.74) is 1.43. The number of thioether (sulfide) groups is 1. The van der Waals surface area contributed by atoms with Gasteiger partial charge in [-0.15, -0.1) is 0 Å². The Hall–Kier alpha value is 0.01000. The molecule has 3 heteroatoms. The molecule has 0 aromatic carbocycles. The Bertz CT molecular complexity index is 227. The summed E-state index contributed by atoms with van der Waals surface area (Å²) in [4.78, 5) is 0. The van der Waals surface area contributed by atoms with Gasteiger partial charge in [0.15, 0.2) is 0 Å². The Morgan fingerprint density at radius 3 is 3.23 bits per heavy atom. The lowest BCUT2D eigenvalue weighted by Crippen LogP contribution is -2.21. The molecule has 1 unspecified atom stereocenters. The van der Waals surface area contributed by atoms with Crippen LogP contribution in [-0.2, 0) is 6.54 Å². The van der Waals surface area contributed by atoms with Crippen molar-refractivity contribution in [2.75, 3.05) is 18.1 Å². The van der Waals surface area contributed by atoms with Gasteiger partial charge in [0.1, 0.15) is 0 Å². The van der Waals surface area contributed by atoms with Crippen LogP contribution in [0.4, 0.5) is 0 Å². The van der Waals surface area contributed by atoms with Crippen molar-refractivity contribution < 1.29 is 0 Å². The maximum Gasteiger partial charge on any atom is 0.0213 e. The summed E-state index contributed by atoms with van der Waals surface area (Å²) in [6.07, 6.45) is 1.40. The summed E-state index contributed by atoms with van der Waals surface area (Å²) in [5, 5.41) is 7.88. The first-order chi connectivity index (χ1) is 6.45. The fourth-order valence-corrected chi connectivity index (χ4v) is 3.51. The standard InChI is InChI=1S/C10H15NS2/c1-3-12-7-9(1)5-11-6-10-2-4-13-8-10/h1,3,7,10-11H,2,4-6,8H2. The van der Waals surface area contributed by atoms with E-state index in [0.29, 0.717) is 0 Å². The number of hydrogen-bond donors (Lipinski definition) is 1. The average molecular weight is 213 g/mol. The van der Waals surface area contributed by atoms with Crippen molar-refractivity contribution in [2.24, 2.45) is 5.92 Å². The molecule has 0 amide bonds. The van der Waals surface area contributed by atoms with Crippen LogP contribution in [0.25, 0.3) is 0 Å². The quantitative estimate of drug-likeness (QED) is 0.825. The van der Waals surface area contributed by atoms with E-state index < -0.39 is 0 Å². The van der Waals surface area contributed by atoms with Crippen molar-refractivity contribution in [1.29, 1.82) is 0 Å². The van der Waals surface area contributed by atoms with Gasteiger partial charge in [0.2, 0.25) is 0 Å². The van der Waals surface area contributed by atoms with E-state index >= 15 is 0 Å². The van der Waals surface area contributed by atoms with Crippen molar-refractivity contribution in [1.82, 2.24) is 5.32 Å². The van der Waals surface area contributed by atoms with Crippen LogP contribution in [0.5, 0.6) is 0 Å². The molecule has 0 bridgehead atoms. The Labute approximate surface area is 87.9 Å². The lowest BCUT2D eigenvalue weighted by atomic mass is 10.1. The summed E-state index contributed by atoms with van der Waals surface area (Å²) in [6.45, 7) is 2.24. The van der Waals surface area contributed by atoms with Gasteiger partial charge in [0.25, 0.3) is 0 Å². The highest BCUT2D eigenvalue weighted by molar-refractivity contribution is 7.99. The lowest BCUT2D eigenvalue weighted by Gasteiger charge is -2.08. The second kappa shape index (κ2) is 5.03. The minimum absolute atomic E-state index is 0.920. The van der Waals surface area contributed by atoms with Gasteiger partial charge in [-0.3, -0.25) is 0 Å². The zero-order valence-corrected chi connectivity index (χ0v) is 9.29. The summed E-state index contributed by atoms with van der Waals surface area (Å²) in [5.74, 6) is 3.64. The Kier molecular flexibility index (Phi) is 3.70. The Morgan fingerprint density at radius 1 is 1.54 bits per heavy atom. The molecule has 1 aromatic rings. The molecule has 1 aliphatic heterocycles. The van der Waals surface area contributed by atoms with Crippen LogP contribution in [0.1, 0.15) is 12.0 Å². The number of nitrogens with one attached hydrogen (secondary N) is 1. The van der Waals surface area contributed by atoms with Crippen LogP contribution >= 0.6 is 23.1 Å². The molecule has 1 nitrogen and oxygen atoms in total. The van der Waals surface area contributed by atoms with Gasteiger partial charge in [0, 0.05) is 6.54 Å². The molecule has 1 aromatic heterocycles. The average Bonchev–Trinajstić information content (AvgIpc) is 2.75. The molecule has 2 heterocycles. The van der Waals surface area contributed by atoms with Crippen LogP contribution < -0.4 is 5.32 Å². The zero-order chi connectivity index (χ0) is 8.93. The highest BCUT2D eigenvalue weighted by Gasteiger charge is 2.14. The van der Waals surface area contributed by atoms with Gasteiger partial charge >= 0.3 is 0 Å². The van der Waals surface area contributed by atoms with E-state index in [1.165, 1.54) is 30.0 Å². The molecule has 1 aliphatic rings. The minimum Gasteiger partial charge on any atom is -0.312 e. The normalized spacial score (nSPS) is 22.3. The predicted molar refractivity (Wildman–Crippen MR) is 61.5 cm³/mol. The maximum absolute atomic E-state index is 3.52. The second-order valence-corrected chi connectivity index (χ2v) is 5.42. The first-order valence-electron chi connectivity index (χ1n) is 4.74. The smallest absolute Gasteiger partial charge is 0.0213 e. The molecule has 0 radical (unpaired) electrons. The van der Waals surface area contributed by atoms with E-state index in [0.717, 1.165) is 12.5 Å². The van der Waals surface area contributed by atoms with E-state index in [1.54, 1.807) is 11.3 Å². The fraction of sp³-hybridized carbons (Fsp3) is 0.600. The molecular weight excluding hydrogens is 198 g/mol. The molecule has 2 rings (SSSR count). The maximum atomic E-state index is 3.52. The number of rotatable bonds is 4. The molecule has 0 aliphatic carbocycles. The third-order valence-corrected chi connectivity index (χ3v) is 4.33. The van der Waals surface area contributed by atoms with Crippen LogP contribution in [0, 0.1) is 5.92 Å². The number of thiophene rings is 1. The molecule has 1 saturated heterocycles. The Balaban J connectivity index is 1.63. The van der Waals surface area contributed by atoms with Crippen molar-refractivity contribution in [3.8, 4) is 0 Å². The fourth-order valence-electron chi connectivity index (χ4n) is 1.56. The predicted octanol–water partition coefficient (Wildman–Crippen LogP) is 2.59. The van der Waals surface area contributed by atoms with Crippen molar-refractivity contribution in [3.63, 3.8) is 0 Å². The zero-order valence-electron chi connectivity index (χ0n) is 7.66. The molecule has 1 N–H and O–H groups in total. The third-order valence-electron chi connectivity index (χ3n) is 2.37. The third kappa shape index (κ3) is 3.01. The largest absolute Gasteiger partial charge is 0.312 e. The van der Waals surface area contributed by atoms with Crippen LogP contribution in [0.3, 0.4) is 0 Å². The monoisotopic (exact) mass is 213 g/mol. The molecule has 0 saturated carbocycles. The minimum atomic E-state index is 0.920. The van der Waals surface area contributed by atoms with Crippen LogP contribution in [0.15, 0.2) is 16.8 Å². The highest BCUT2D eigenvalue weighted by atomic mass is 32.2. The molecule has 1 fully saturated rings. The van der Waals surface area contributed by atoms with Crippen molar-refractivity contribution in [2.45, 2.75) is 13.0 Å². The summed E-state index contributed by atoms with van der Waals surface area (Å²) in [7, 11) is 0. The first-order valence-corrected chi connectivity index (χ1v) is 6.84. The van der Waals surface area contributed by atoms with E-state index in [-0.39, 0.29) is 0 Å². The molecule has 13 heavy (non-hydrogen) atoms. The summed E-state index contributed by atoms with van der Waals surface area (Å²) >= 11 is 3.87. The second-order valence-electron chi connectivity index (χ2n) is 3.49. The molecule has 72 valence electrons. The highest BCUT2D eigenvalue weighted by Crippen LogP contribution is 2.22. The van der Waals surface area contributed by atoms with Gasteiger partial charge in [-0.2, -0.15) is 23.1 Å². The van der Waals surface area contributed by atoms with Gasteiger partial charge in [-0.1, -0.05) is 0 Å². The van der Waals surface area contributed by atoms with Gasteiger partial charge in [0.05, 0.1) is 0 Å². The van der Waals surface area contributed by atoms with E-state index in [4.69, 9.17) is 0 Å². The van der Waals surface area contributed by atoms with E-state index in [1.807, 2.05) is 0 Å². The van der Waals surface area contributed by atoms with Crippen LogP contribution in [0.2, 0.25) is 0 Å².